The Kier molecular flexibility index (Phi) is 8.29. The lowest BCUT2D eigenvalue weighted by molar-refractivity contribution is -0.136. The van der Waals surface area contributed by atoms with Gasteiger partial charge in [0.15, 0.2) is 0 Å². The minimum absolute atomic E-state index is 0.198. The van der Waals surface area contributed by atoms with Crippen molar-refractivity contribution in [2.24, 2.45) is 5.10 Å². The number of rotatable bonds is 8. The van der Waals surface area contributed by atoms with E-state index in [1.165, 1.54) is 12.3 Å². The van der Waals surface area contributed by atoms with Gasteiger partial charge >= 0.3 is 11.8 Å². The predicted octanol–water partition coefficient (Wildman–Crippen LogP) is 3.90. The smallest absolute Gasteiger partial charge is 0.329 e. The topological polar surface area (TPSA) is 109 Å². The number of anilines is 2. The highest BCUT2D eigenvalue weighted by molar-refractivity contribution is 6.40. The summed E-state index contributed by atoms with van der Waals surface area (Å²) in [7, 11) is 0. The molecule has 0 aliphatic rings. The third-order valence-electron chi connectivity index (χ3n) is 4.51. The van der Waals surface area contributed by atoms with Crippen molar-refractivity contribution in [2.75, 3.05) is 17.2 Å². The lowest BCUT2D eigenvalue weighted by atomic mass is 10.1. The Bertz CT molecular complexity index is 1240. The molecule has 0 unspecified atom stereocenters. The van der Waals surface area contributed by atoms with Crippen molar-refractivity contribution >= 4 is 35.3 Å². The van der Waals surface area contributed by atoms with Gasteiger partial charge in [-0.3, -0.25) is 14.4 Å². The van der Waals surface area contributed by atoms with Gasteiger partial charge in [-0.25, -0.2) is 5.43 Å². The lowest BCUT2D eigenvalue weighted by Crippen LogP contribution is -2.33. The molecule has 0 saturated heterocycles. The number of hydrogen-bond acceptors (Lipinski definition) is 5. The van der Waals surface area contributed by atoms with Crippen molar-refractivity contribution in [1.82, 2.24) is 5.43 Å². The molecule has 0 bridgehead atoms. The number of hydrazone groups is 1. The number of carbonyl (C=O) groups excluding carboxylic acids is 3. The fourth-order valence-electron chi connectivity index (χ4n) is 2.95. The van der Waals surface area contributed by atoms with E-state index >= 15 is 0 Å². The molecule has 3 aromatic rings. The van der Waals surface area contributed by atoms with Gasteiger partial charge in [-0.05, 0) is 54.4 Å². The third-order valence-corrected chi connectivity index (χ3v) is 4.51. The molecule has 3 N–H and O–H groups in total. The number of carbonyl (C=O) groups is 3. The molecule has 34 heavy (non-hydrogen) atoms. The number of ether oxygens (including phenoxy) is 1. The number of amides is 3. The van der Waals surface area contributed by atoms with E-state index < -0.39 is 17.7 Å². The van der Waals surface area contributed by atoms with E-state index in [0.717, 1.165) is 5.56 Å². The maximum atomic E-state index is 12.7. The predicted molar refractivity (Wildman–Crippen MR) is 132 cm³/mol. The van der Waals surface area contributed by atoms with Crippen LogP contribution in [-0.4, -0.2) is 30.5 Å². The summed E-state index contributed by atoms with van der Waals surface area (Å²) in [5.41, 5.74) is 4.86. The van der Waals surface area contributed by atoms with Crippen molar-refractivity contribution in [3.05, 3.63) is 102 Å². The Balaban J connectivity index is 1.61. The largest absolute Gasteiger partial charge is 0.490 e. The van der Waals surface area contributed by atoms with Crippen molar-refractivity contribution in [3.63, 3.8) is 0 Å². The fraction of sp³-hybridized carbons (Fsp3) is 0.0769. The molecule has 3 amide bonds. The second-order valence-corrected chi connectivity index (χ2v) is 7.19. The minimum atomic E-state index is -0.982. The van der Waals surface area contributed by atoms with Crippen molar-refractivity contribution in [3.8, 4) is 5.75 Å². The molecule has 8 nitrogen and oxygen atoms in total. The quantitative estimate of drug-likeness (QED) is 0.207. The number of aryl methyl sites for hydroxylation is 1. The first-order valence-corrected chi connectivity index (χ1v) is 10.4. The first kappa shape index (κ1) is 23.9. The van der Waals surface area contributed by atoms with Crippen LogP contribution in [-0.2, 0) is 9.59 Å². The van der Waals surface area contributed by atoms with Gasteiger partial charge < -0.3 is 15.4 Å². The Labute approximate surface area is 197 Å². The van der Waals surface area contributed by atoms with Crippen LogP contribution in [0.3, 0.4) is 0 Å². The van der Waals surface area contributed by atoms with E-state index in [1.807, 2.05) is 25.1 Å². The molecule has 8 heteroatoms. The maximum Gasteiger partial charge on any atom is 0.329 e. The number of nitrogens with zero attached hydrogens (tertiary/aromatic N) is 1. The van der Waals surface area contributed by atoms with Crippen LogP contribution in [0, 0.1) is 6.92 Å². The average Bonchev–Trinajstić information content (AvgIpc) is 2.83. The molecule has 0 atom stereocenters. The summed E-state index contributed by atoms with van der Waals surface area (Å²) in [5.74, 6) is -1.74. The molecular weight excluding hydrogens is 432 g/mol. The molecule has 3 rings (SSSR count). The van der Waals surface area contributed by atoms with Gasteiger partial charge in [0.25, 0.3) is 5.91 Å². The molecule has 0 fully saturated rings. The highest BCUT2D eigenvalue weighted by Gasteiger charge is 2.17. The molecule has 0 aliphatic heterocycles. The number of nitrogens with one attached hydrogen (secondary N) is 3. The van der Waals surface area contributed by atoms with Crippen LogP contribution in [0.15, 0.2) is 90.6 Å². The molecule has 172 valence electrons. The van der Waals surface area contributed by atoms with Crippen LogP contribution in [0.25, 0.3) is 0 Å². The summed E-state index contributed by atoms with van der Waals surface area (Å²) in [6, 6.07) is 20.8. The van der Waals surface area contributed by atoms with Crippen molar-refractivity contribution < 1.29 is 19.1 Å². The van der Waals surface area contributed by atoms with Crippen LogP contribution in [0.1, 0.15) is 21.5 Å². The van der Waals surface area contributed by atoms with Crippen molar-refractivity contribution in [2.45, 2.75) is 6.92 Å². The molecule has 0 heterocycles. The minimum Gasteiger partial charge on any atom is -0.490 e. The second-order valence-electron chi connectivity index (χ2n) is 7.19. The van der Waals surface area contributed by atoms with Gasteiger partial charge in [0, 0.05) is 5.69 Å². The first-order chi connectivity index (χ1) is 16.5. The van der Waals surface area contributed by atoms with Gasteiger partial charge in [-0.1, -0.05) is 49.1 Å². The van der Waals surface area contributed by atoms with Gasteiger partial charge in [0.05, 0.1) is 17.5 Å². The average molecular weight is 457 g/mol. The SMILES string of the molecule is C=CCOc1cccc(C=NNC(=O)C(=O)Nc2ccccc2C(=O)Nc2cccc(C)c2)c1. The molecule has 0 aliphatic carbocycles. The molecule has 0 radical (unpaired) electrons. The molecule has 0 saturated carbocycles. The summed E-state index contributed by atoms with van der Waals surface area (Å²) in [6.07, 6.45) is 3.01. The van der Waals surface area contributed by atoms with Crippen molar-refractivity contribution in [1.29, 1.82) is 0 Å². The Morgan fingerprint density at radius 2 is 1.74 bits per heavy atom. The second kappa shape index (κ2) is 11.8. The summed E-state index contributed by atoms with van der Waals surface area (Å²) in [5, 5.41) is 9.04. The van der Waals surface area contributed by atoms with Gasteiger partial charge in [0.1, 0.15) is 12.4 Å². The van der Waals surface area contributed by atoms with E-state index in [4.69, 9.17) is 4.74 Å². The zero-order valence-corrected chi connectivity index (χ0v) is 18.6. The van der Waals surface area contributed by atoms with Crippen LogP contribution in [0.4, 0.5) is 11.4 Å². The van der Waals surface area contributed by atoms with E-state index in [9.17, 15) is 14.4 Å². The van der Waals surface area contributed by atoms with Crippen LogP contribution >= 0.6 is 0 Å². The van der Waals surface area contributed by atoms with E-state index in [-0.39, 0.29) is 11.3 Å². The standard InChI is InChI=1S/C26H24N4O4/c1-3-14-34-21-11-7-9-19(16-21)17-27-30-26(33)25(32)29-23-13-5-4-12-22(23)24(31)28-20-10-6-8-18(2)15-20/h3-13,15-17H,1,14H2,2H3,(H,28,31)(H,29,32)(H,30,33). The molecular formula is C26H24N4O4. The Morgan fingerprint density at radius 1 is 0.941 bits per heavy atom. The van der Waals surface area contributed by atoms with Gasteiger partial charge in [-0.15, -0.1) is 0 Å². The van der Waals surface area contributed by atoms with Crippen LogP contribution in [0.2, 0.25) is 0 Å². The highest BCUT2D eigenvalue weighted by atomic mass is 16.5. The summed E-state index contributed by atoms with van der Waals surface area (Å²) >= 11 is 0. The Hall–Kier alpha value is -4.72. The maximum absolute atomic E-state index is 12.7. The van der Waals surface area contributed by atoms with E-state index in [1.54, 1.807) is 54.6 Å². The number of para-hydroxylation sites is 1. The monoisotopic (exact) mass is 456 g/mol. The summed E-state index contributed by atoms with van der Waals surface area (Å²) < 4.78 is 5.44. The van der Waals surface area contributed by atoms with Crippen LogP contribution < -0.4 is 20.8 Å². The van der Waals surface area contributed by atoms with E-state index in [0.29, 0.717) is 23.6 Å². The van der Waals surface area contributed by atoms with Gasteiger partial charge in [0.2, 0.25) is 0 Å². The Morgan fingerprint density at radius 3 is 2.53 bits per heavy atom. The first-order valence-electron chi connectivity index (χ1n) is 10.4. The fourth-order valence-corrected chi connectivity index (χ4v) is 2.95. The number of benzene rings is 3. The zero-order chi connectivity index (χ0) is 24.3. The number of hydrogen-bond donors (Lipinski definition) is 3. The lowest BCUT2D eigenvalue weighted by Gasteiger charge is -2.11. The summed E-state index contributed by atoms with van der Waals surface area (Å²) in [4.78, 5) is 37.2. The zero-order valence-electron chi connectivity index (χ0n) is 18.6. The normalized spacial score (nSPS) is 10.4. The van der Waals surface area contributed by atoms with Crippen LogP contribution in [0.5, 0.6) is 5.75 Å². The molecule has 0 aromatic heterocycles. The van der Waals surface area contributed by atoms with Gasteiger partial charge in [-0.2, -0.15) is 5.10 Å². The summed E-state index contributed by atoms with van der Waals surface area (Å²) in [6.45, 7) is 5.87. The highest BCUT2D eigenvalue weighted by Crippen LogP contribution is 2.18. The molecule has 0 spiro atoms. The third kappa shape index (κ3) is 6.89. The van der Waals surface area contributed by atoms with E-state index in [2.05, 4.69) is 27.7 Å². The molecule has 3 aromatic carbocycles.